The Labute approximate surface area is 107 Å². The van der Waals surface area contributed by atoms with Gasteiger partial charge in [-0.25, -0.2) is 0 Å². The Bertz CT molecular complexity index is 199. The van der Waals surface area contributed by atoms with E-state index in [9.17, 15) is 0 Å². The van der Waals surface area contributed by atoms with Crippen LogP contribution in [0.4, 0.5) is 0 Å². The Morgan fingerprint density at radius 2 is 1.29 bits per heavy atom. The number of hydrogen-bond acceptors (Lipinski definition) is 2. The summed E-state index contributed by atoms with van der Waals surface area (Å²) in [5.74, 6) is 0.957. The highest BCUT2D eigenvalue weighted by atomic mass is 15.0. The molecule has 0 amide bonds. The van der Waals surface area contributed by atoms with Crippen LogP contribution in [0.1, 0.15) is 64.7 Å². The van der Waals surface area contributed by atoms with Crippen molar-refractivity contribution in [2.24, 2.45) is 5.92 Å². The monoisotopic (exact) mass is 238 g/mol. The van der Waals surface area contributed by atoms with Crippen LogP contribution in [0.15, 0.2) is 0 Å². The minimum atomic E-state index is 0.797. The zero-order valence-corrected chi connectivity index (χ0v) is 11.5. The van der Waals surface area contributed by atoms with Crippen molar-refractivity contribution < 1.29 is 0 Å². The first-order valence-corrected chi connectivity index (χ1v) is 7.81. The van der Waals surface area contributed by atoms with Crippen LogP contribution in [0.5, 0.6) is 0 Å². The van der Waals surface area contributed by atoms with Crippen molar-refractivity contribution >= 4 is 0 Å². The third-order valence-electron chi connectivity index (χ3n) is 4.60. The first-order valence-electron chi connectivity index (χ1n) is 7.81. The van der Waals surface area contributed by atoms with E-state index < -0.39 is 0 Å². The molecule has 0 radical (unpaired) electrons. The van der Waals surface area contributed by atoms with Crippen molar-refractivity contribution in [3.63, 3.8) is 0 Å². The van der Waals surface area contributed by atoms with Gasteiger partial charge in [0.2, 0.25) is 0 Å². The predicted molar refractivity (Wildman–Crippen MR) is 74.3 cm³/mol. The van der Waals surface area contributed by atoms with Crippen LogP contribution in [0.3, 0.4) is 0 Å². The van der Waals surface area contributed by atoms with Gasteiger partial charge < -0.3 is 10.6 Å². The smallest absolute Gasteiger partial charge is 0.00794 e. The molecule has 2 rings (SSSR count). The predicted octanol–water partition coefficient (Wildman–Crippen LogP) is 3.08. The van der Waals surface area contributed by atoms with Crippen molar-refractivity contribution in [3.8, 4) is 0 Å². The number of rotatable bonds is 5. The first-order chi connectivity index (χ1) is 8.34. The molecule has 0 saturated heterocycles. The largest absolute Gasteiger partial charge is 0.313 e. The number of nitrogens with one attached hydrogen (secondary N) is 2. The Kier molecular flexibility index (Phi) is 5.79. The first kappa shape index (κ1) is 13.4. The summed E-state index contributed by atoms with van der Waals surface area (Å²) in [6.07, 6.45) is 12.8. The maximum atomic E-state index is 3.74. The van der Waals surface area contributed by atoms with Crippen LogP contribution in [0.2, 0.25) is 0 Å². The average Bonchev–Trinajstić information content (AvgIpc) is 2.75. The van der Waals surface area contributed by atoms with E-state index in [0.717, 1.165) is 31.1 Å². The molecule has 0 aliphatic heterocycles. The normalized spacial score (nSPS) is 31.6. The summed E-state index contributed by atoms with van der Waals surface area (Å²) in [4.78, 5) is 0. The molecular formula is C15H30N2. The van der Waals surface area contributed by atoms with Gasteiger partial charge in [-0.05, 0) is 38.0 Å². The molecule has 0 spiro atoms. The lowest BCUT2D eigenvalue weighted by atomic mass is 10.0. The molecule has 2 unspecified atom stereocenters. The fraction of sp³-hybridized carbons (Fsp3) is 1.00. The van der Waals surface area contributed by atoms with Gasteiger partial charge in [0.05, 0.1) is 0 Å². The van der Waals surface area contributed by atoms with Crippen molar-refractivity contribution in [1.82, 2.24) is 10.6 Å². The molecule has 2 atom stereocenters. The highest BCUT2D eigenvalue weighted by molar-refractivity contribution is 4.76. The minimum absolute atomic E-state index is 0.797. The van der Waals surface area contributed by atoms with E-state index in [-0.39, 0.29) is 0 Å². The van der Waals surface area contributed by atoms with E-state index in [1.54, 1.807) is 0 Å². The topological polar surface area (TPSA) is 24.1 Å². The maximum Gasteiger partial charge on any atom is 0.00794 e. The van der Waals surface area contributed by atoms with Crippen LogP contribution in [0, 0.1) is 5.92 Å². The fourth-order valence-electron chi connectivity index (χ4n) is 3.37. The van der Waals surface area contributed by atoms with Gasteiger partial charge >= 0.3 is 0 Å². The van der Waals surface area contributed by atoms with E-state index in [1.807, 2.05) is 0 Å². The molecule has 2 fully saturated rings. The highest BCUT2D eigenvalue weighted by Gasteiger charge is 2.16. The average molecular weight is 238 g/mol. The number of hydrogen-bond donors (Lipinski definition) is 2. The molecular weight excluding hydrogens is 208 g/mol. The van der Waals surface area contributed by atoms with Crippen molar-refractivity contribution in [2.45, 2.75) is 76.8 Å². The van der Waals surface area contributed by atoms with Crippen molar-refractivity contribution in [1.29, 1.82) is 0 Å². The lowest BCUT2D eigenvalue weighted by Crippen LogP contribution is -2.37. The standard InChI is InChI=1S/C15H30N2/c1-13-5-4-8-15(10-9-13)17-12-11-16-14-6-2-3-7-14/h13-17H,2-12H2,1H3. The van der Waals surface area contributed by atoms with Gasteiger partial charge in [0.1, 0.15) is 0 Å². The summed E-state index contributed by atoms with van der Waals surface area (Å²) in [6, 6.07) is 1.62. The van der Waals surface area contributed by atoms with Crippen molar-refractivity contribution in [2.75, 3.05) is 13.1 Å². The van der Waals surface area contributed by atoms with Gasteiger partial charge in [0, 0.05) is 25.2 Å². The van der Waals surface area contributed by atoms with Gasteiger partial charge in [0.15, 0.2) is 0 Å². The summed E-state index contributed by atoms with van der Waals surface area (Å²) >= 11 is 0. The second kappa shape index (κ2) is 7.38. The molecule has 0 aromatic carbocycles. The lowest BCUT2D eigenvalue weighted by Gasteiger charge is -2.18. The maximum absolute atomic E-state index is 3.74. The molecule has 0 aromatic heterocycles. The molecule has 2 aliphatic rings. The van der Waals surface area contributed by atoms with Gasteiger partial charge in [-0.2, -0.15) is 0 Å². The summed E-state index contributed by atoms with van der Waals surface area (Å²) < 4.78 is 0. The minimum Gasteiger partial charge on any atom is -0.313 e. The molecule has 2 saturated carbocycles. The summed E-state index contributed by atoms with van der Waals surface area (Å²) in [5.41, 5.74) is 0. The van der Waals surface area contributed by atoms with Crippen LogP contribution in [-0.4, -0.2) is 25.2 Å². The van der Waals surface area contributed by atoms with E-state index in [4.69, 9.17) is 0 Å². The molecule has 100 valence electrons. The second-order valence-corrected chi connectivity index (χ2v) is 6.20. The summed E-state index contributed by atoms with van der Waals surface area (Å²) in [6.45, 7) is 4.73. The second-order valence-electron chi connectivity index (χ2n) is 6.20. The molecule has 2 nitrogen and oxygen atoms in total. The van der Waals surface area contributed by atoms with Crippen LogP contribution < -0.4 is 10.6 Å². The fourth-order valence-corrected chi connectivity index (χ4v) is 3.37. The van der Waals surface area contributed by atoms with E-state index in [1.165, 1.54) is 57.8 Å². The third kappa shape index (κ3) is 4.97. The highest BCUT2D eigenvalue weighted by Crippen LogP contribution is 2.22. The molecule has 2 heteroatoms. The Morgan fingerprint density at radius 1 is 0.706 bits per heavy atom. The Balaban J connectivity index is 1.52. The van der Waals surface area contributed by atoms with Gasteiger partial charge in [0.25, 0.3) is 0 Å². The summed E-state index contributed by atoms with van der Waals surface area (Å²) in [7, 11) is 0. The quantitative estimate of drug-likeness (QED) is 0.568. The Morgan fingerprint density at radius 3 is 2.00 bits per heavy atom. The molecule has 17 heavy (non-hydrogen) atoms. The van der Waals surface area contributed by atoms with Crippen LogP contribution >= 0.6 is 0 Å². The zero-order chi connectivity index (χ0) is 11.9. The van der Waals surface area contributed by atoms with E-state index >= 15 is 0 Å². The SMILES string of the molecule is CC1CCCC(NCCNC2CCCC2)CC1. The van der Waals surface area contributed by atoms with Gasteiger partial charge in [-0.1, -0.05) is 32.6 Å². The lowest BCUT2D eigenvalue weighted by molar-refractivity contribution is 0.431. The van der Waals surface area contributed by atoms with Gasteiger partial charge in [-0.3, -0.25) is 0 Å². The molecule has 0 bridgehead atoms. The van der Waals surface area contributed by atoms with Gasteiger partial charge in [-0.15, -0.1) is 0 Å². The van der Waals surface area contributed by atoms with E-state index in [0.29, 0.717) is 0 Å². The Hall–Kier alpha value is -0.0800. The van der Waals surface area contributed by atoms with E-state index in [2.05, 4.69) is 17.6 Å². The van der Waals surface area contributed by atoms with Crippen molar-refractivity contribution in [3.05, 3.63) is 0 Å². The summed E-state index contributed by atoms with van der Waals surface area (Å²) in [5, 5.41) is 7.43. The third-order valence-corrected chi connectivity index (χ3v) is 4.60. The van der Waals surface area contributed by atoms with Crippen LogP contribution in [-0.2, 0) is 0 Å². The molecule has 2 aliphatic carbocycles. The van der Waals surface area contributed by atoms with Crippen LogP contribution in [0.25, 0.3) is 0 Å². The molecule has 0 heterocycles. The zero-order valence-electron chi connectivity index (χ0n) is 11.5. The molecule has 2 N–H and O–H groups in total. The molecule has 0 aromatic rings.